The zero-order chi connectivity index (χ0) is 33.5. The van der Waals surface area contributed by atoms with Gasteiger partial charge in [-0.25, -0.2) is 0 Å². The Labute approximate surface area is 293 Å². The van der Waals surface area contributed by atoms with Crippen LogP contribution < -0.4 is 0 Å². The molecule has 0 fully saturated rings. The molecule has 0 radical (unpaired) electrons. The zero-order valence-electron chi connectivity index (χ0n) is 27.6. The lowest BCUT2D eigenvalue weighted by Crippen LogP contribution is -1.94. The van der Waals surface area contributed by atoms with Crippen molar-refractivity contribution in [3.05, 3.63) is 182 Å². The van der Waals surface area contributed by atoms with E-state index in [4.69, 9.17) is 4.42 Å². The van der Waals surface area contributed by atoms with Gasteiger partial charge in [-0.1, -0.05) is 109 Å². The molecule has 0 aliphatic heterocycles. The molecule has 0 saturated heterocycles. The van der Waals surface area contributed by atoms with Crippen molar-refractivity contribution in [1.82, 2.24) is 9.13 Å². The number of rotatable bonds is 4. The van der Waals surface area contributed by atoms with Gasteiger partial charge in [-0.3, -0.25) is 0 Å². The third-order valence-corrected chi connectivity index (χ3v) is 10.5. The van der Waals surface area contributed by atoms with Gasteiger partial charge in [0.25, 0.3) is 0 Å². The van der Waals surface area contributed by atoms with Crippen LogP contribution in [0.2, 0.25) is 0 Å². The van der Waals surface area contributed by atoms with Crippen molar-refractivity contribution in [2.45, 2.75) is 0 Å². The maximum absolute atomic E-state index is 6.38. The molecule has 0 aliphatic rings. The highest BCUT2D eigenvalue weighted by Crippen LogP contribution is 2.41. The van der Waals surface area contributed by atoms with E-state index >= 15 is 0 Å². The molecule has 3 nitrogen and oxygen atoms in total. The second kappa shape index (κ2) is 10.8. The van der Waals surface area contributed by atoms with Crippen LogP contribution in [0.15, 0.2) is 186 Å². The summed E-state index contributed by atoms with van der Waals surface area (Å²) < 4.78 is 11.2. The summed E-state index contributed by atoms with van der Waals surface area (Å²) in [6.07, 6.45) is 0. The molecule has 0 bridgehead atoms. The van der Waals surface area contributed by atoms with Gasteiger partial charge < -0.3 is 13.6 Å². The van der Waals surface area contributed by atoms with Crippen molar-refractivity contribution < 1.29 is 4.42 Å². The summed E-state index contributed by atoms with van der Waals surface area (Å²) in [5.74, 6) is 0. The summed E-state index contributed by atoms with van der Waals surface area (Å²) in [7, 11) is 0. The molecule has 0 amide bonds. The number of nitrogens with zero attached hydrogens (tertiary/aromatic N) is 2. The summed E-state index contributed by atoms with van der Waals surface area (Å²) >= 11 is 0. The Morgan fingerprint density at radius 2 is 0.784 bits per heavy atom. The Kier molecular flexibility index (Phi) is 5.96. The molecule has 3 heterocycles. The average molecular weight is 651 g/mol. The lowest BCUT2D eigenvalue weighted by molar-refractivity contribution is 0.669. The van der Waals surface area contributed by atoms with Gasteiger partial charge >= 0.3 is 0 Å². The Balaban J connectivity index is 1.10. The quantitative estimate of drug-likeness (QED) is 0.186. The molecule has 3 heteroatoms. The van der Waals surface area contributed by atoms with E-state index in [1.54, 1.807) is 0 Å². The van der Waals surface area contributed by atoms with Crippen LogP contribution in [0.4, 0.5) is 0 Å². The van der Waals surface area contributed by atoms with Gasteiger partial charge in [-0.05, 0) is 95.1 Å². The van der Waals surface area contributed by atoms with Gasteiger partial charge in [0, 0.05) is 43.7 Å². The molecule has 0 unspecified atom stereocenters. The topological polar surface area (TPSA) is 23.0 Å². The van der Waals surface area contributed by atoms with Crippen LogP contribution in [0.1, 0.15) is 0 Å². The minimum Gasteiger partial charge on any atom is -0.456 e. The smallest absolute Gasteiger partial charge is 0.136 e. The lowest BCUT2D eigenvalue weighted by Gasteiger charge is -2.10. The van der Waals surface area contributed by atoms with E-state index in [-0.39, 0.29) is 0 Å². The van der Waals surface area contributed by atoms with Crippen LogP contribution in [0.3, 0.4) is 0 Å². The van der Waals surface area contributed by atoms with E-state index in [9.17, 15) is 0 Å². The van der Waals surface area contributed by atoms with Crippen molar-refractivity contribution in [2.24, 2.45) is 0 Å². The van der Waals surface area contributed by atoms with E-state index in [1.807, 2.05) is 12.1 Å². The van der Waals surface area contributed by atoms with Gasteiger partial charge in [-0.2, -0.15) is 0 Å². The average Bonchev–Trinajstić information content (AvgIpc) is 3.84. The Morgan fingerprint density at radius 1 is 0.275 bits per heavy atom. The van der Waals surface area contributed by atoms with E-state index < -0.39 is 0 Å². The van der Waals surface area contributed by atoms with Crippen LogP contribution in [-0.2, 0) is 0 Å². The number of furan rings is 1. The highest BCUT2D eigenvalue weighted by molar-refractivity contribution is 6.18. The van der Waals surface area contributed by atoms with E-state index in [1.165, 1.54) is 65.9 Å². The summed E-state index contributed by atoms with van der Waals surface area (Å²) in [5, 5.41) is 7.14. The molecule has 0 atom stereocenters. The Hall–Kier alpha value is -6.84. The highest BCUT2D eigenvalue weighted by Gasteiger charge is 2.18. The van der Waals surface area contributed by atoms with Gasteiger partial charge in [0.05, 0.1) is 22.1 Å². The SMILES string of the molecule is c1ccc(-c2ccc(-n3c4ccccc4c4cc(-c5ccc6c(c5)c5cc7oc8ccccc8c7cc5n6-c5ccccc5)ccc43)cc2)cc1. The van der Waals surface area contributed by atoms with Crippen LogP contribution in [-0.4, -0.2) is 9.13 Å². The maximum atomic E-state index is 6.38. The van der Waals surface area contributed by atoms with E-state index in [0.717, 1.165) is 33.3 Å². The summed E-state index contributed by atoms with van der Waals surface area (Å²) in [5.41, 5.74) is 13.7. The highest BCUT2D eigenvalue weighted by atomic mass is 16.3. The molecule has 0 spiro atoms. The fourth-order valence-electron chi connectivity index (χ4n) is 8.14. The molecule has 3 aromatic heterocycles. The van der Waals surface area contributed by atoms with Crippen molar-refractivity contribution >= 4 is 65.6 Å². The minimum atomic E-state index is 0.909. The molecular weight excluding hydrogens is 621 g/mol. The van der Waals surface area contributed by atoms with Gasteiger partial charge in [0.1, 0.15) is 11.2 Å². The minimum absolute atomic E-state index is 0.909. The molecule has 11 rings (SSSR count). The molecule has 0 aliphatic carbocycles. The number of fused-ring (bicyclic) bond motifs is 9. The number of para-hydroxylation sites is 3. The number of benzene rings is 8. The fourth-order valence-corrected chi connectivity index (χ4v) is 8.14. The third kappa shape index (κ3) is 4.25. The van der Waals surface area contributed by atoms with Gasteiger partial charge in [-0.15, -0.1) is 0 Å². The normalized spacial score (nSPS) is 11.9. The fraction of sp³-hybridized carbons (Fsp3) is 0. The lowest BCUT2D eigenvalue weighted by atomic mass is 10.0. The van der Waals surface area contributed by atoms with Crippen LogP contribution in [0.25, 0.3) is 99.2 Å². The summed E-state index contributed by atoms with van der Waals surface area (Å²) in [6, 6.07) is 65.5. The predicted octanol–water partition coefficient (Wildman–Crippen LogP) is 13.1. The van der Waals surface area contributed by atoms with E-state index in [2.05, 4.69) is 179 Å². The monoisotopic (exact) mass is 650 g/mol. The molecule has 8 aromatic carbocycles. The van der Waals surface area contributed by atoms with Gasteiger partial charge in [0.2, 0.25) is 0 Å². The van der Waals surface area contributed by atoms with Crippen LogP contribution >= 0.6 is 0 Å². The molecular formula is C48H30N2O. The molecule has 0 saturated carbocycles. The first kappa shape index (κ1) is 28.0. The van der Waals surface area contributed by atoms with Crippen LogP contribution in [0.5, 0.6) is 0 Å². The predicted molar refractivity (Wildman–Crippen MR) is 213 cm³/mol. The second-order valence-corrected chi connectivity index (χ2v) is 13.4. The zero-order valence-corrected chi connectivity index (χ0v) is 27.6. The third-order valence-electron chi connectivity index (χ3n) is 10.5. The maximum Gasteiger partial charge on any atom is 0.136 e. The number of hydrogen-bond donors (Lipinski definition) is 0. The first-order valence-corrected chi connectivity index (χ1v) is 17.4. The van der Waals surface area contributed by atoms with Gasteiger partial charge in [0.15, 0.2) is 0 Å². The molecule has 51 heavy (non-hydrogen) atoms. The standard InChI is InChI=1S/C48H30N2O/c1-3-11-31(12-4-1)32-19-23-36(24-20-32)49-43-17-9-7-15-37(43)39-27-33(21-25-44(39)49)34-22-26-45-40(28-34)41-30-48-42(38-16-8-10-18-47(38)51-48)29-46(41)50(45)35-13-5-2-6-14-35/h1-30H. The number of hydrogen-bond acceptors (Lipinski definition) is 1. The van der Waals surface area contributed by atoms with Crippen LogP contribution in [0, 0.1) is 0 Å². The van der Waals surface area contributed by atoms with Crippen molar-refractivity contribution in [2.75, 3.05) is 0 Å². The largest absolute Gasteiger partial charge is 0.456 e. The first-order chi connectivity index (χ1) is 25.3. The Bertz CT molecular complexity index is 3110. The van der Waals surface area contributed by atoms with Crippen molar-refractivity contribution in [3.63, 3.8) is 0 Å². The first-order valence-electron chi connectivity index (χ1n) is 17.4. The van der Waals surface area contributed by atoms with E-state index in [0.29, 0.717) is 0 Å². The van der Waals surface area contributed by atoms with Crippen molar-refractivity contribution in [3.8, 4) is 33.6 Å². The molecule has 238 valence electrons. The summed E-state index contributed by atoms with van der Waals surface area (Å²) in [4.78, 5) is 0. The Morgan fingerprint density at radius 3 is 1.53 bits per heavy atom. The summed E-state index contributed by atoms with van der Waals surface area (Å²) in [6.45, 7) is 0. The van der Waals surface area contributed by atoms with Crippen molar-refractivity contribution in [1.29, 1.82) is 0 Å². The molecule has 0 N–H and O–H groups in total. The molecule has 11 aromatic rings. The number of aromatic nitrogens is 2. The second-order valence-electron chi connectivity index (χ2n) is 13.4.